The molecule has 0 bridgehead atoms. The number of nitrogens with zero attached hydrogens (tertiary/aromatic N) is 1. The second-order valence-corrected chi connectivity index (χ2v) is 7.13. The number of guanidine groups is 1. The molecule has 112 valence electrons. The van der Waals surface area contributed by atoms with Crippen LogP contribution in [0.4, 0.5) is 0 Å². The Morgan fingerprint density at radius 1 is 1.45 bits per heavy atom. The second kappa shape index (κ2) is 7.67. The van der Waals surface area contributed by atoms with E-state index in [9.17, 15) is 0 Å². The molecule has 1 aliphatic rings. The molecule has 0 spiro atoms. The predicted octanol–water partition coefficient (Wildman–Crippen LogP) is 3.34. The van der Waals surface area contributed by atoms with E-state index in [-0.39, 0.29) is 0 Å². The van der Waals surface area contributed by atoms with Crippen molar-refractivity contribution < 1.29 is 0 Å². The summed E-state index contributed by atoms with van der Waals surface area (Å²) in [5.41, 5.74) is 0. The molecule has 0 amide bonds. The largest absolute Gasteiger partial charge is 0.357 e. The normalized spacial score (nSPS) is 17.1. The molecular weight excluding hydrogens is 266 g/mol. The first-order chi connectivity index (χ1) is 9.67. The van der Waals surface area contributed by atoms with Crippen molar-refractivity contribution in [3.63, 3.8) is 0 Å². The first kappa shape index (κ1) is 15.4. The van der Waals surface area contributed by atoms with Gasteiger partial charge in [0.15, 0.2) is 5.96 Å². The number of thiophene rings is 1. The van der Waals surface area contributed by atoms with Crippen molar-refractivity contribution in [2.24, 2.45) is 10.9 Å². The lowest BCUT2D eigenvalue weighted by atomic mass is 10.2. The summed E-state index contributed by atoms with van der Waals surface area (Å²) in [5, 5.41) is 6.86. The molecule has 1 fully saturated rings. The van der Waals surface area contributed by atoms with E-state index in [0.29, 0.717) is 6.04 Å². The van der Waals surface area contributed by atoms with Gasteiger partial charge in [0, 0.05) is 35.3 Å². The van der Waals surface area contributed by atoms with Crippen LogP contribution in [0.25, 0.3) is 0 Å². The molecule has 3 nitrogen and oxygen atoms in total. The van der Waals surface area contributed by atoms with Crippen LogP contribution in [0.15, 0.2) is 17.1 Å². The topological polar surface area (TPSA) is 36.4 Å². The Labute approximate surface area is 126 Å². The van der Waals surface area contributed by atoms with Crippen LogP contribution < -0.4 is 10.6 Å². The van der Waals surface area contributed by atoms with Crippen LogP contribution in [0.5, 0.6) is 0 Å². The van der Waals surface area contributed by atoms with Gasteiger partial charge in [0.1, 0.15) is 0 Å². The van der Waals surface area contributed by atoms with E-state index in [1.165, 1.54) is 29.0 Å². The minimum Gasteiger partial charge on any atom is -0.357 e. The quantitative estimate of drug-likeness (QED) is 0.597. The van der Waals surface area contributed by atoms with Crippen molar-refractivity contribution >= 4 is 17.3 Å². The molecule has 1 unspecified atom stereocenters. The van der Waals surface area contributed by atoms with E-state index in [4.69, 9.17) is 0 Å². The van der Waals surface area contributed by atoms with Crippen LogP contribution in [0.1, 0.15) is 42.9 Å². The molecule has 1 saturated carbocycles. The van der Waals surface area contributed by atoms with Gasteiger partial charge in [-0.3, -0.25) is 4.99 Å². The van der Waals surface area contributed by atoms with Crippen LogP contribution in [0, 0.1) is 12.8 Å². The summed E-state index contributed by atoms with van der Waals surface area (Å²) in [6.07, 6.45) is 5.13. The van der Waals surface area contributed by atoms with Gasteiger partial charge in [0.05, 0.1) is 0 Å². The molecule has 0 saturated heterocycles. The van der Waals surface area contributed by atoms with E-state index < -0.39 is 0 Å². The van der Waals surface area contributed by atoms with Gasteiger partial charge in [-0.15, -0.1) is 11.3 Å². The third-order valence-corrected chi connectivity index (χ3v) is 4.56. The Morgan fingerprint density at radius 2 is 2.25 bits per heavy atom. The third kappa shape index (κ3) is 5.53. The molecule has 20 heavy (non-hydrogen) atoms. The van der Waals surface area contributed by atoms with Crippen LogP contribution in [0.2, 0.25) is 0 Å². The smallest absolute Gasteiger partial charge is 0.191 e. The van der Waals surface area contributed by atoms with Crippen molar-refractivity contribution in [2.45, 2.75) is 52.5 Å². The summed E-state index contributed by atoms with van der Waals surface area (Å²) in [4.78, 5) is 7.51. The van der Waals surface area contributed by atoms with Gasteiger partial charge in [-0.1, -0.05) is 12.8 Å². The Hall–Kier alpha value is -1.03. The van der Waals surface area contributed by atoms with Crippen molar-refractivity contribution in [2.75, 3.05) is 13.1 Å². The Bertz CT molecular complexity index is 435. The van der Waals surface area contributed by atoms with Gasteiger partial charge < -0.3 is 10.6 Å². The second-order valence-electron chi connectivity index (χ2n) is 5.75. The lowest BCUT2D eigenvalue weighted by Gasteiger charge is -2.17. The summed E-state index contributed by atoms with van der Waals surface area (Å²) in [7, 11) is 0. The van der Waals surface area contributed by atoms with Gasteiger partial charge in [-0.2, -0.15) is 0 Å². The molecule has 2 rings (SSSR count). The van der Waals surface area contributed by atoms with Crippen molar-refractivity contribution in [1.29, 1.82) is 0 Å². The zero-order valence-corrected chi connectivity index (χ0v) is 13.7. The molecule has 1 aliphatic carbocycles. The molecular formula is C16H27N3S. The van der Waals surface area contributed by atoms with Gasteiger partial charge in [-0.25, -0.2) is 0 Å². The summed E-state index contributed by atoms with van der Waals surface area (Å²) < 4.78 is 0. The summed E-state index contributed by atoms with van der Waals surface area (Å²) in [6, 6.07) is 4.84. The average molecular weight is 293 g/mol. The van der Waals surface area contributed by atoms with Crippen LogP contribution in [-0.4, -0.2) is 25.1 Å². The highest BCUT2D eigenvalue weighted by Crippen LogP contribution is 2.32. The highest BCUT2D eigenvalue weighted by molar-refractivity contribution is 7.11. The van der Waals surface area contributed by atoms with Crippen LogP contribution in [0.3, 0.4) is 0 Å². The maximum absolute atomic E-state index is 4.68. The van der Waals surface area contributed by atoms with E-state index in [1.54, 1.807) is 0 Å². The number of aryl methyl sites for hydroxylation is 1. The van der Waals surface area contributed by atoms with Crippen LogP contribution >= 0.6 is 11.3 Å². The number of aliphatic imine (C=N–C) groups is 1. The molecule has 1 heterocycles. The van der Waals surface area contributed by atoms with Gasteiger partial charge in [-0.05, 0) is 45.2 Å². The minimum atomic E-state index is 0.409. The summed E-state index contributed by atoms with van der Waals surface area (Å²) in [6.45, 7) is 8.37. The highest BCUT2D eigenvalue weighted by atomic mass is 32.1. The van der Waals surface area contributed by atoms with Gasteiger partial charge in [0.25, 0.3) is 0 Å². The highest BCUT2D eigenvalue weighted by Gasteiger charge is 2.20. The number of nitrogens with one attached hydrogen (secondary N) is 2. The van der Waals surface area contributed by atoms with Crippen molar-refractivity contribution in [3.8, 4) is 0 Å². The van der Waals surface area contributed by atoms with Crippen LogP contribution in [-0.2, 0) is 6.42 Å². The summed E-state index contributed by atoms with van der Waals surface area (Å²) >= 11 is 1.89. The fourth-order valence-electron chi connectivity index (χ4n) is 2.27. The predicted molar refractivity (Wildman–Crippen MR) is 88.7 cm³/mol. The number of hydrogen-bond donors (Lipinski definition) is 2. The number of hydrogen-bond acceptors (Lipinski definition) is 2. The zero-order valence-electron chi connectivity index (χ0n) is 12.9. The molecule has 4 heteroatoms. The Morgan fingerprint density at radius 3 is 2.85 bits per heavy atom. The first-order valence-electron chi connectivity index (χ1n) is 7.77. The van der Waals surface area contributed by atoms with E-state index in [1.807, 2.05) is 11.3 Å². The molecule has 0 aromatic carbocycles. The third-order valence-electron chi connectivity index (χ3n) is 3.53. The molecule has 2 N–H and O–H groups in total. The van der Waals surface area contributed by atoms with Gasteiger partial charge >= 0.3 is 0 Å². The molecule has 1 aromatic rings. The maximum atomic E-state index is 4.68. The zero-order chi connectivity index (χ0) is 14.4. The van der Waals surface area contributed by atoms with E-state index in [2.05, 4.69) is 48.5 Å². The Balaban J connectivity index is 1.79. The molecule has 0 radical (unpaired) electrons. The minimum absolute atomic E-state index is 0.409. The van der Waals surface area contributed by atoms with E-state index in [0.717, 1.165) is 31.4 Å². The van der Waals surface area contributed by atoms with E-state index >= 15 is 0 Å². The SMILES string of the molecule is CCNC(=NCCC1CC1)NC(C)Cc1ccc(C)s1. The fourth-order valence-corrected chi connectivity index (χ4v) is 3.29. The standard InChI is InChI=1S/C16H27N3S/c1-4-17-16(18-10-9-14-6-7-14)19-12(2)11-15-8-5-13(3)20-15/h5,8,12,14H,4,6-7,9-11H2,1-3H3,(H2,17,18,19). The number of rotatable bonds is 7. The monoisotopic (exact) mass is 293 g/mol. The lowest BCUT2D eigenvalue weighted by molar-refractivity contribution is 0.641. The average Bonchev–Trinajstić information content (AvgIpc) is 3.12. The van der Waals surface area contributed by atoms with Crippen molar-refractivity contribution in [1.82, 2.24) is 10.6 Å². The Kier molecular flexibility index (Phi) is 5.89. The summed E-state index contributed by atoms with van der Waals surface area (Å²) in [5.74, 6) is 1.92. The lowest BCUT2D eigenvalue weighted by Crippen LogP contribution is -2.43. The first-order valence-corrected chi connectivity index (χ1v) is 8.59. The molecule has 0 aliphatic heterocycles. The van der Waals surface area contributed by atoms with Crippen molar-refractivity contribution in [3.05, 3.63) is 21.9 Å². The molecule has 1 atom stereocenters. The fraction of sp³-hybridized carbons (Fsp3) is 0.688. The van der Waals surface area contributed by atoms with Gasteiger partial charge in [0.2, 0.25) is 0 Å². The maximum Gasteiger partial charge on any atom is 0.191 e. The molecule has 1 aromatic heterocycles.